The molecule has 0 fully saturated rings. The Morgan fingerprint density at radius 1 is 1.20 bits per heavy atom. The van der Waals surface area contributed by atoms with Gasteiger partial charge in [-0.05, 0) is 32.2 Å². The maximum atomic E-state index is 12.3. The summed E-state index contributed by atoms with van der Waals surface area (Å²) in [5.74, 6) is -2.58. The first-order chi connectivity index (χ1) is 11.5. The van der Waals surface area contributed by atoms with Crippen molar-refractivity contribution in [2.45, 2.75) is 37.8 Å². The van der Waals surface area contributed by atoms with Gasteiger partial charge in [0.05, 0.1) is 18.6 Å². The van der Waals surface area contributed by atoms with Crippen LogP contribution in [-0.4, -0.2) is 47.9 Å². The zero-order valence-corrected chi connectivity index (χ0v) is 14.5. The number of imidazole rings is 1. The van der Waals surface area contributed by atoms with Crippen LogP contribution in [0.5, 0.6) is 0 Å². The number of hydrogen-bond donors (Lipinski definition) is 4. The van der Waals surface area contributed by atoms with Crippen molar-refractivity contribution in [2.75, 3.05) is 13.1 Å². The Balaban J connectivity index is 0.00000576. The molecule has 25 heavy (non-hydrogen) atoms. The molecular formula is C14H22CuN6O4. The van der Waals surface area contributed by atoms with Gasteiger partial charge < -0.3 is 42.0 Å². The second-order valence-electron chi connectivity index (χ2n) is 5.21. The van der Waals surface area contributed by atoms with Crippen LogP contribution in [0, 0.1) is 0 Å². The monoisotopic (exact) mass is 401 g/mol. The van der Waals surface area contributed by atoms with Gasteiger partial charge in [0.1, 0.15) is 6.04 Å². The summed E-state index contributed by atoms with van der Waals surface area (Å²) >= 11 is 0. The number of aromatic nitrogens is 2. The fraction of sp³-hybridized carbons (Fsp3) is 0.571. The zero-order valence-electron chi connectivity index (χ0n) is 13.5. The molecule has 0 saturated carbocycles. The Morgan fingerprint density at radius 3 is 2.44 bits per heavy atom. The van der Waals surface area contributed by atoms with Crippen molar-refractivity contribution in [1.29, 1.82) is 0 Å². The molecule has 0 aliphatic rings. The molecule has 0 spiro atoms. The Labute approximate surface area is 156 Å². The number of carboxylic acids is 1. The number of nitrogens with two attached hydrogens (primary N) is 2. The summed E-state index contributed by atoms with van der Waals surface area (Å²) in [5, 5.41) is 16.0. The minimum absolute atomic E-state index is 0. The van der Waals surface area contributed by atoms with Crippen molar-refractivity contribution in [3.63, 3.8) is 0 Å². The van der Waals surface area contributed by atoms with E-state index in [9.17, 15) is 19.5 Å². The third-order valence-electron chi connectivity index (χ3n) is 3.31. The van der Waals surface area contributed by atoms with Gasteiger partial charge in [-0.3, -0.25) is 9.59 Å². The molecule has 0 saturated heterocycles. The van der Waals surface area contributed by atoms with E-state index in [2.05, 4.69) is 20.6 Å². The van der Waals surface area contributed by atoms with E-state index >= 15 is 0 Å². The van der Waals surface area contributed by atoms with Crippen molar-refractivity contribution < 1.29 is 36.6 Å². The van der Waals surface area contributed by atoms with Crippen LogP contribution in [0.4, 0.5) is 0 Å². The fourth-order valence-electron chi connectivity index (χ4n) is 2.05. The molecular weight excluding hydrogens is 380 g/mol. The van der Waals surface area contributed by atoms with Gasteiger partial charge >= 0.3 is 17.1 Å². The maximum absolute atomic E-state index is 12.3. The second kappa shape index (κ2) is 12.4. The van der Waals surface area contributed by atoms with Crippen LogP contribution in [0.1, 0.15) is 25.0 Å². The van der Waals surface area contributed by atoms with E-state index in [4.69, 9.17) is 11.5 Å². The summed E-state index contributed by atoms with van der Waals surface area (Å²) in [6.07, 6.45) is 4.19. The molecule has 2 atom stereocenters. The third-order valence-corrected chi connectivity index (χ3v) is 3.31. The number of nitrogens with one attached hydrogen (secondary N) is 2. The van der Waals surface area contributed by atoms with E-state index in [1.54, 1.807) is 0 Å². The van der Waals surface area contributed by atoms with Crippen molar-refractivity contribution in [2.24, 2.45) is 11.5 Å². The average molecular weight is 402 g/mol. The largest absolute Gasteiger partial charge is 2.00 e. The third kappa shape index (κ3) is 8.64. The Morgan fingerprint density at radius 2 is 1.92 bits per heavy atom. The van der Waals surface area contributed by atoms with E-state index in [1.807, 2.05) is 0 Å². The zero-order chi connectivity index (χ0) is 17.9. The molecule has 10 nitrogen and oxygen atoms in total. The Bertz CT molecular complexity index is 539. The van der Waals surface area contributed by atoms with E-state index in [0.717, 1.165) is 0 Å². The number of rotatable bonds is 11. The molecule has 11 heteroatoms. The molecule has 0 aliphatic carbocycles. The molecule has 1 rings (SSSR count). The number of nitrogens with zero attached hydrogens (tertiary/aromatic N) is 2. The molecule has 2 amide bonds. The Kier molecular flexibility index (Phi) is 11.5. The average Bonchev–Trinajstić information content (AvgIpc) is 3.06. The predicted molar refractivity (Wildman–Crippen MR) is 82.1 cm³/mol. The summed E-state index contributed by atoms with van der Waals surface area (Å²) in [6, 6.07) is -2.17. The summed E-state index contributed by atoms with van der Waals surface area (Å²) in [7, 11) is 0. The number of amides is 2. The van der Waals surface area contributed by atoms with E-state index in [-0.39, 0.29) is 36.5 Å². The summed E-state index contributed by atoms with van der Waals surface area (Å²) in [4.78, 5) is 42.7. The molecule has 1 heterocycles. The smallest absolute Gasteiger partial charge is 0.548 e. The molecule has 0 unspecified atom stereocenters. The van der Waals surface area contributed by atoms with Gasteiger partial charge in [0.2, 0.25) is 11.8 Å². The van der Waals surface area contributed by atoms with Gasteiger partial charge in [-0.1, -0.05) is 18.2 Å². The molecule has 143 valence electrons. The Hall–Kier alpha value is -1.94. The summed E-state index contributed by atoms with van der Waals surface area (Å²) in [6.45, 7) is 0.134. The predicted octanol–water partition coefficient (Wildman–Crippen LogP) is -3.61. The molecule has 1 aromatic heterocycles. The van der Waals surface area contributed by atoms with Crippen molar-refractivity contribution in [3.8, 4) is 0 Å². The van der Waals surface area contributed by atoms with Crippen LogP contribution in [0.2, 0.25) is 0 Å². The first-order valence-electron chi connectivity index (χ1n) is 7.60. The van der Waals surface area contributed by atoms with Crippen molar-refractivity contribution in [3.05, 3.63) is 18.2 Å². The molecule has 0 aliphatic heterocycles. The quantitative estimate of drug-likeness (QED) is 0.217. The van der Waals surface area contributed by atoms with Gasteiger partial charge in [-0.15, -0.1) is 0 Å². The van der Waals surface area contributed by atoms with Gasteiger partial charge in [0.25, 0.3) is 0 Å². The van der Waals surface area contributed by atoms with Crippen molar-refractivity contribution in [1.82, 2.24) is 20.6 Å². The minimum atomic E-state index is -1.39. The first-order valence-corrected chi connectivity index (χ1v) is 7.60. The standard InChI is InChI=1S/C14H24N6O4.Cu/c15-4-2-1-3-10(14(23)24)20-13(22)11(19-12(21)6-16)5-9-7-17-8-18-9;/h7-8,10-11H,1-6,15-16H2,(H4,17,18,19,20,21,22,23,24);/q;+2/p-2/t10-,11-;/m0./s1. The van der Waals surface area contributed by atoms with Crippen LogP contribution in [0.15, 0.2) is 12.5 Å². The number of unbranched alkanes of at least 4 members (excludes halogenated alkanes) is 1. The van der Waals surface area contributed by atoms with Gasteiger partial charge in [-0.2, -0.15) is 0 Å². The number of aliphatic carboxylic acids is 1. The SMILES string of the molecule is NCCCC[C@H](NC(=O)[C@H](Cc1c[n-]cn1)NC(=O)CN)C(=O)[O-].[Cu+2]. The molecule has 0 aromatic carbocycles. The molecule has 0 bridgehead atoms. The van der Waals surface area contributed by atoms with Gasteiger partial charge in [-0.25, -0.2) is 0 Å². The number of hydrogen-bond acceptors (Lipinski definition) is 7. The number of carboxylic acid groups (broad SMARTS) is 1. The topological polar surface area (TPSA) is 177 Å². The number of carbonyl (C=O) groups excluding carboxylic acids is 3. The van der Waals surface area contributed by atoms with Crippen LogP contribution in [0.3, 0.4) is 0 Å². The van der Waals surface area contributed by atoms with Crippen LogP contribution in [0.25, 0.3) is 0 Å². The van der Waals surface area contributed by atoms with Crippen LogP contribution in [-0.2, 0) is 37.9 Å². The normalized spacial score (nSPS) is 12.6. The van der Waals surface area contributed by atoms with Crippen molar-refractivity contribution >= 4 is 17.8 Å². The van der Waals surface area contributed by atoms with E-state index in [1.165, 1.54) is 12.5 Å². The maximum Gasteiger partial charge on any atom is 2.00 e. The summed E-state index contributed by atoms with van der Waals surface area (Å²) < 4.78 is 0. The number of carbonyl (C=O) groups is 3. The van der Waals surface area contributed by atoms with E-state index < -0.39 is 29.9 Å². The van der Waals surface area contributed by atoms with Crippen LogP contribution < -0.4 is 32.2 Å². The second-order valence-corrected chi connectivity index (χ2v) is 5.21. The molecule has 6 N–H and O–H groups in total. The molecule has 1 radical (unpaired) electrons. The van der Waals surface area contributed by atoms with Crippen LogP contribution >= 0.6 is 0 Å². The fourth-order valence-corrected chi connectivity index (χ4v) is 2.05. The van der Waals surface area contributed by atoms with Gasteiger partial charge in [0, 0.05) is 0 Å². The summed E-state index contributed by atoms with van der Waals surface area (Å²) in [5.41, 5.74) is 11.1. The minimum Gasteiger partial charge on any atom is -0.548 e. The molecule has 1 aromatic rings. The first kappa shape index (κ1) is 23.1. The van der Waals surface area contributed by atoms with E-state index in [0.29, 0.717) is 25.1 Å². The van der Waals surface area contributed by atoms with Gasteiger partial charge in [0.15, 0.2) is 0 Å².